The highest BCUT2D eigenvalue weighted by Crippen LogP contribution is 2.27. The van der Waals surface area contributed by atoms with Gasteiger partial charge in [-0.05, 0) is 36.8 Å². The number of aryl methyl sites for hydroxylation is 1. The summed E-state index contributed by atoms with van der Waals surface area (Å²) >= 11 is 0. The minimum Gasteiger partial charge on any atom is -0.497 e. The van der Waals surface area contributed by atoms with Crippen molar-refractivity contribution in [1.82, 2.24) is 10.3 Å². The molecule has 2 aromatic carbocycles. The van der Waals surface area contributed by atoms with E-state index in [2.05, 4.69) is 10.7 Å². The van der Waals surface area contributed by atoms with Crippen LogP contribution in [0.1, 0.15) is 5.56 Å². The lowest BCUT2D eigenvalue weighted by molar-refractivity contribution is 0.250. The van der Waals surface area contributed by atoms with Gasteiger partial charge in [-0.3, -0.25) is 5.43 Å². The van der Waals surface area contributed by atoms with Crippen molar-refractivity contribution in [3.8, 4) is 11.5 Å². The molecule has 134 valence electrons. The molecule has 0 bridgehead atoms. The Bertz CT molecular complexity index is 868. The van der Waals surface area contributed by atoms with Crippen LogP contribution >= 0.6 is 0 Å². The Kier molecular flexibility index (Phi) is 5.84. The molecule has 0 heterocycles. The van der Waals surface area contributed by atoms with Crippen molar-refractivity contribution in [2.24, 2.45) is 0 Å². The van der Waals surface area contributed by atoms with Gasteiger partial charge in [-0.2, -0.15) is 0 Å². The van der Waals surface area contributed by atoms with Crippen LogP contribution in [-0.4, -0.2) is 28.7 Å². The number of nitrogens with one attached hydrogen (secondary N) is 3. The van der Waals surface area contributed by atoms with E-state index in [1.54, 1.807) is 18.2 Å². The fourth-order valence-electron chi connectivity index (χ4n) is 2.05. The predicted molar refractivity (Wildman–Crippen MR) is 93.2 cm³/mol. The molecule has 8 nitrogen and oxygen atoms in total. The molecular formula is C16H19N3O5S. The van der Waals surface area contributed by atoms with Crippen LogP contribution in [0.5, 0.6) is 11.5 Å². The number of hydrogen-bond acceptors (Lipinski definition) is 5. The van der Waals surface area contributed by atoms with Gasteiger partial charge < -0.3 is 14.8 Å². The van der Waals surface area contributed by atoms with E-state index in [9.17, 15) is 13.2 Å². The maximum atomic E-state index is 12.3. The zero-order valence-electron chi connectivity index (χ0n) is 14.0. The van der Waals surface area contributed by atoms with Crippen molar-refractivity contribution >= 4 is 21.7 Å². The minimum absolute atomic E-state index is 0.0905. The number of hydrogen-bond donors (Lipinski definition) is 3. The SMILES string of the molecule is COc1ccc(S(=O)(=O)NNC(=O)Nc2cccc(C)c2)c(OC)c1. The maximum Gasteiger partial charge on any atom is 0.334 e. The Morgan fingerprint density at radius 3 is 2.44 bits per heavy atom. The number of methoxy groups -OCH3 is 2. The molecule has 2 aromatic rings. The summed E-state index contributed by atoms with van der Waals surface area (Å²) in [5, 5.41) is 2.53. The number of hydrazine groups is 1. The molecule has 2 rings (SSSR count). The van der Waals surface area contributed by atoms with Crippen LogP contribution in [0.25, 0.3) is 0 Å². The van der Waals surface area contributed by atoms with Gasteiger partial charge in [0.1, 0.15) is 16.4 Å². The van der Waals surface area contributed by atoms with Crippen molar-refractivity contribution in [2.75, 3.05) is 19.5 Å². The molecule has 0 fully saturated rings. The molecule has 25 heavy (non-hydrogen) atoms. The first kappa shape index (κ1) is 18.6. The van der Waals surface area contributed by atoms with Crippen LogP contribution in [0.4, 0.5) is 10.5 Å². The average Bonchev–Trinajstić information content (AvgIpc) is 2.59. The van der Waals surface area contributed by atoms with Gasteiger partial charge in [0.15, 0.2) is 0 Å². The zero-order chi connectivity index (χ0) is 18.4. The smallest absolute Gasteiger partial charge is 0.334 e. The van der Waals surface area contributed by atoms with Crippen molar-refractivity contribution in [2.45, 2.75) is 11.8 Å². The van der Waals surface area contributed by atoms with Gasteiger partial charge in [0.25, 0.3) is 10.0 Å². The summed E-state index contributed by atoms with van der Waals surface area (Å²) < 4.78 is 34.8. The van der Waals surface area contributed by atoms with Crippen LogP contribution < -0.4 is 25.0 Å². The van der Waals surface area contributed by atoms with Crippen molar-refractivity contribution in [3.05, 3.63) is 48.0 Å². The van der Waals surface area contributed by atoms with E-state index in [1.807, 2.05) is 17.8 Å². The first-order chi connectivity index (χ1) is 11.9. The Labute approximate surface area is 146 Å². The molecular weight excluding hydrogens is 346 g/mol. The fourth-order valence-corrected chi connectivity index (χ4v) is 3.04. The second-order valence-corrected chi connectivity index (χ2v) is 6.72. The average molecular weight is 365 g/mol. The lowest BCUT2D eigenvalue weighted by Crippen LogP contribution is -2.43. The molecule has 0 aromatic heterocycles. The molecule has 0 aliphatic carbocycles. The van der Waals surface area contributed by atoms with Gasteiger partial charge in [-0.1, -0.05) is 12.1 Å². The van der Waals surface area contributed by atoms with Crippen molar-refractivity contribution in [3.63, 3.8) is 0 Å². The summed E-state index contributed by atoms with van der Waals surface area (Å²) in [6.45, 7) is 1.88. The Morgan fingerprint density at radius 2 is 1.80 bits per heavy atom. The standard InChI is InChI=1S/C16H19N3O5S/c1-11-5-4-6-12(9-11)17-16(20)18-19-25(21,22)15-8-7-13(23-2)10-14(15)24-3/h4-10,19H,1-3H3,(H2,17,18,20). The van der Waals surface area contributed by atoms with Crippen LogP contribution in [-0.2, 0) is 10.0 Å². The number of amides is 2. The molecule has 0 radical (unpaired) electrons. The molecule has 0 saturated heterocycles. The summed E-state index contributed by atoms with van der Waals surface area (Å²) in [6.07, 6.45) is 0. The highest BCUT2D eigenvalue weighted by molar-refractivity contribution is 7.89. The van der Waals surface area contributed by atoms with E-state index in [0.29, 0.717) is 11.4 Å². The highest BCUT2D eigenvalue weighted by atomic mass is 32.2. The first-order valence-corrected chi connectivity index (χ1v) is 8.71. The molecule has 9 heteroatoms. The Hall–Kier alpha value is -2.78. The van der Waals surface area contributed by atoms with E-state index in [-0.39, 0.29) is 10.6 Å². The lowest BCUT2D eigenvalue weighted by Gasteiger charge is -2.13. The summed E-state index contributed by atoms with van der Waals surface area (Å²) in [4.78, 5) is 13.7. The van der Waals surface area contributed by atoms with Crippen LogP contribution in [0.15, 0.2) is 47.4 Å². The molecule has 0 unspecified atom stereocenters. The summed E-state index contributed by atoms with van der Waals surface area (Å²) in [6, 6.07) is 10.6. The van der Waals surface area contributed by atoms with Gasteiger partial charge in [0, 0.05) is 11.8 Å². The van der Waals surface area contributed by atoms with Crippen LogP contribution in [0.3, 0.4) is 0 Å². The number of carbonyl (C=O) groups is 1. The van der Waals surface area contributed by atoms with Crippen molar-refractivity contribution < 1.29 is 22.7 Å². The van der Waals surface area contributed by atoms with E-state index < -0.39 is 16.1 Å². The highest BCUT2D eigenvalue weighted by Gasteiger charge is 2.20. The van der Waals surface area contributed by atoms with Crippen molar-refractivity contribution in [1.29, 1.82) is 0 Å². The van der Waals surface area contributed by atoms with E-state index >= 15 is 0 Å². The number of ether oxygens (including phenoxy) is 2. The molecule has 0 atom stereocenters. The Balaban J connectivity index is 2.07. The number of carbonyl (C=O) groups excluding carboxylic acids is 1. The number of anilines is 1. The number of urea groups is 1. The van der Waals surface area contributed by atoms with Crippen LogP contribution in [0.2, 0.25) is 0 Å². The molecule has 0 aliphatic rings. The number of rotatable bonds is 6. The van der Waals surface area contributed by atoms with Gasteiger partial charge in [-0.15, -0.1) is 4.83 Å². The minimum atomic E-state index is -4.03. The maximum absolute atomic E-state index is 12.3. The van der Waals surface area contributed by atoms with Gasteiger partial charge in [0.05, 0.1) is 14.2 Å². The van der Waals surface area contributed by atoms with Crippen LogP contribution in [0, 0.1) is 6.92 Å². The van der Waals surface area contributed by atoms with E-state index in [1.165, 1.54) is 32.4 Å². The summed E-state index contributed by atoms with van der Waals surface area (Å²) in [5.41, 5.74) is 3.59. The zero-order valence-corrected chi connectivity index (χ0v) is 14.8. The summed E-state index contributed by atoms with van der Waals surface area (Å²) in [7, 11) is -1.23. The molecule has 0 saturated carbocycles. The molecule has 2 amide bonds. The third-order valence-corrected chi connectivity index (χ3v) is 4.52. The second kappa shape index (κ2) is 7.86. The van der Waals surface area contributed by atoms with E-state index in [4.69, 9.17) is 9.47 Å². The van der Waals surface area contributed by atoms with E-state index in [0.717, 1.165) is 5.56 Å². The molecule has 0 aliphatic heterocycles. The fraction of sp³-hybridized carbons (Fsp3) is 0.188. The largest absolute Gasteiger partial charge is 0.497 e. The van der Waals surface area contributed by atoms with Gasteiger partial charge in [-0.25, -0.2) is 13.2 Å². The quantitative estimate of drug-likeness (QED) is 0.679. The second-order valence-electron chi connectivity index (χ2n) is 5.07. The number of benzene rings is 2. The Morgan fingerprint density at radius 1 is 1.04 bits per heavy atom. The summed E-state index contributed by atoms with van der Waals surface area (Å²) in [5.74, 6) is 0.536. The first-order valence-electron chi connectivity index (χ1n) is 7.23. The molecule has 0 spiro atoms. The number of sulfonamides is 1. The monoisotopic (exact) mass is 365 g/mol. The third kappa shape index (κ3) is 4.85. The van der Waals surface area contributed by atoms with Gasteiger partial charge in [0.2, 0.25) is 0 Å². The predicted octanol–water partition coefficient (Wildman–Crippen LogP) is 2.03. The third-order valence-electron chi connectivity index (χ3n) is 3.24. The molecule has 3 N–H and O–H groups in total. The lowest BCUT2D eigenvalue weighted by atomic mass is 10.2. The normalized spacial score (nSPS) is 10.8. The van der Waals surface area contributed by atoms with Gasteiger partial charge >= 0.3 is 6.03 Å². The topological polar surface area (TPSA) is 106 Å².